The van der Waals surface area contributed by atoms with Gasteiger partial charge in [0.05, 0.1) is 39.0 Å². The van der Waals surface area contributed by atoms with Crippen LogP contribution in [0.2, 0.25) is 0 Å². The molecule has 0 saturated carbocycles. The van der Waals surface area contributed by atoms with Crippen molar-refractivity contribution in [2.45, 2.75) is 33.7 Å². The molecule has 0 spiro atoms. The molecule has 0 bridgehead atoms. The zero-order valence-electron chi connectivity index (χ0n) is 18.3. The molecule has 4 rings (SSSR count). The number of aromatic nitrogens is 3. The molecule has 2 heterocycles. The van der Waals surface area contributed by atoms with E-state index in [0.717, 1.165) is 11.1 Å². The van der Waals surface area contributed by atoms with E-state index in [9.17, 15) is 14.9 Å². The van der Waals surface area contributed by atoms with Gasteiger partial charge in [-0.15, -0.1) is 0 Å². The quantitative estimate of drug-likeness (QED) is 0.335. The highest BCUT2D eigenvalue weighted by Crippen LogP contribution is 2.30. The Hall–Kier alpha value is -4.07. The summed E-state index contributed by atoms with van der Waals surface area (Å²) in [5, 5.41) is 19.2. The third-order valence-electron chi connectivity index (χ3n) is 5.47. The highest BCUT2D eigenvalue weighted by Gasteiger charge is 2.21. The maximum absolute atomic E-state index is 13.4. The van der Waals surface area contributed by atoms with E-state index >= 15 is 0 Å². The summed E-state index contributed by atoms with van der Waals surface area (Å²) in [5.74, 6) is -0.376. The predicted molar refractivity (Wildman–Crippen MR) is 124 cm³/mol. The van der Waals surface area contributed by atoms with Gasteiger partial charge in [-0.2, -0.15) is 5.10 Å². The Labute approximate surface area is 185 Å². The minimum Gasteiger partial charge on any atom is -0.321 e. The Morgan fingerprint density at radius 3 is 2.56 bits per heavy atom. The Morgan fingerprint density at radius 1 is 1.12 bits per heavy atom. The lowest BCUT2D eigenvalue weighted by Gasteiger charge is -2.13. The number of nitrogens with one attached hydrogen (secondary N) is 1. The fourth-order valence-corrected chi connectivity index (χ4v) is 3.73. The first kappa shape index (κ1) is 21.2. The molecule has 8 nitrogen and oxygen atoms in total. The monoisotopic (exact) mass is 429 g/mol. The van der Waals surface area contributed by atoms with Crippen molar-refractivity contribution in [3.05, 3.63) is 81.5 Å². The molecule has 4 aromatic rings. The van der Waals surface area contributed by atoms with E-state index in [2.05, 4.69) is 10.4 Å². The Kier molecular flexibility index (Phi) is 5.44. The first-order valence-corrected chi connectivity index (χ1v) is 10.3. The van der Waals surface area contributed by atoms with Gasteiger partial charge in [-0.1, -0.05) is 30.3 Å². The molecule has 162 valence electrons. The molecule has 0 unspecified atom stereocenters. The Bertz CT molecular complexity index is 1360. The Balaban J connectivity index is 1.86. The van der Waals surface area contributed by atoms with Gasteiger partial charge in [-0.05, 0) is 45.4 Å². The number of hydrogen-bond acceptors (Lipinski definition) is 5. The minimum atomic E-state index is -0.460. The van der Waals surface area contributed by atoms with Gasteiger partial charge in [0.15, 0.2) is 5.65 Å². The number of anilines is 1. The van der Waals surface area contributed by atoms with Crippen LogP contribution in [0.5, 0.6) is 0 Å². The van der Waals surface area contributed by atoms with Gasteiger partial charge < -0.3 is 5.32 Å². The number of fused-ring (bicyclic) bond motifs is 1. The SMILES string of the molecule is Cc1ccccc1-c1cc(C(=O)Nc2cccc([N+](=O)[O-])c2C)c2cnn(C(C)C)c2n1. The number of nitrogens with zero attached hydrogens (tertiary/aromatic N) is 4. The predicted octanol–water partition coefficient (Wildman–Crippen LogP) is 5.46. The summed E-state index contributed by atoms with van der Waals surface area (Å²) in [6.45, 7) is 7.61. The maximum Gasteiger partial charge on any atom is 0.274 e. The number of carbonyl (C=O) groups excluding carboxylic acids is 1. The second kappa shape index (κ2) is 8.22. The van der Waals surface area contributed by atoms with Gasteiger partial charge in [-0.25, -0.2) is 9.67 Å². The van der Waals surface area contributed by atoms with E-state index in [-0.39, 0.29) is 17.6 Å². The van der Waals surface area contributed by atoms with Crippen LogP contribution in [-0.2, 0) is 0 Å². The molecule has 2 aromatic carbocycles. The standard InChI is InChI=1S/C24H23N5O3/c1-14(2)28-23-19(13-25-28)18(12-21(26-23)17-9-6-5-8-15(17)3)24(30)27-20-10-7-11-22(16(20)4)29(31)32/h5-14H,1-4H3,(H,27,30). The first-order chi connectivity index (χ1) is 15.3. The van der Waals surface area contributed by atoms with Crippen molar-refractivity contribution in [1.29, 1.82) is 0 Å². The lowest BCUT2D eigenvalue weighted by atomic mass is 10.0. The van der Waals surface area contributed by atoms with Crippen LogP contribution in [-0.4, -0.2) is 25.6 Å². The van der Waals surface area contributed by atoms with Crippen LogP contribution in [0, 0.1) is 24.0 Å². The lowest BCUT2D eigenvalue weighted by molar-refractivity contribution is -0.385. The largest absolute Gasteiger partial charge is 0.321 e. The molecule has 0 atom stereocenters. The molecule has 0 radical (unpaired) electrons. The third kappa shape index (κ3) is 3.71. The van der Waals surface area contributed by atoms with E-state index < -0.39 is 4.92 Å². The smallest absolute Gasteiger partial charge is 0.274 e. The summed E-state index contributed by atoms with van der Waals surface area (Å²) in [6, 6.07) is 14.3. The minimum absolute atomic E-state index is 0.0455. The van der Waals surface area contributed by atoms with E-state index in [1.165, 1.54) is 6.07 Å². The molecule has 0 aliphatic rings. The zero-order chi connectivity index (χ0) is 23.0. The zero-order valence-corrected chi connectivity index (χ0v) is 18.3. The highest BCUT2D eigenvalue weighted by atomic mass is 16.6. The second-order valence-electron chi connectivity index (χ2n) is 7.95. The summed E-state index contributed by atoms with van der Waals surface area (Å²) >= 11 is 0. The number of aryl methyl sites for hydroxylation is 1. The van der Waals surface area contributed by atoms with Crippen LogP contribution in [0.4, 0.5) is 11.4 Å². The number of nitro benzene ring substituents is 1. The first-order valence-electron chi connectivity index (χ1n) is 10.3. The van der Waals surface area contributed by atoms with Crippen LogP contribution >= 0.6 is 0 Å². The third-order valence-corrected chi connectivity index (χ3v) is 5.47. The topological polar surface area (TPSA) is 103 Å². The average molecular weight is 429 g/mol. The van der Waals surface area contributed by atoms with Crippen molar-refractivity contribution in [2.24, 2.45) is 0 Å². The fourth-order valence-electron chi connectivity index (χ4n) is 3.73. The normalized spacial score (nSPS) is 11.2. The van der Waals surface area contributed by atoms with Crippen LogP contribution < -0.4 is 5.32 Å². The number of rotatable bonds is 5. The van der Waals surface area contributed by atoms with Crippen molar-refractivity contribution in [1.82, 2.24) is 14.8 Å². The number of pyridine rings is 1. The van der Waals surface area contributed by atoms with Crippen molar-refractivity contribution in [3.8, 4) is 11.3 Å². The molecule has 32 heavy (non-hydrogen) atoms. The molecule has 0 fully saturated rings. The summed E-state index contributed by atoms with van der Waals surface area (Å²) < 4.78 is 1.78. The number of hydrogen-bond donors (Lipinski definition) is 1. The van der Waals surface area contributed by atoms with Gasteiger partial charge in [0.2, 0.25) is 0 Å². The van der Waals surface area contributed by atoms with Crippen LogP contribution in [0.1, 0.15) is 41.4 Å². The summed E-state index contributed by atoms with van der Waals surface area (Å²) in [7, 11) is 0. The molecule has 0 aliphatic carbocycles. The number of benzene rings is 2. The molecule has 0 aliphatic heterocycles. The van der Waals surface area contributed by atoms with Crippen LogP contribution in [0.3, 0.4) is 0 Å². The molecule has 1 amide bonds. The van der Waals surface area contributed by atoms with Gasteiger partial charge >= 0.3 is 0 Å². The van der Waals surface area contributed by atoms with E-state index in [1.54, 1.807) is 36.0 Å². The Morgan fingerprint density at radius 2 is 1.88 bits per heavy atom. The lowest BCUT2D eigenvalue weighted by Crippen LogP contribution is -2.14. The van der Waals surface area contributed by atoms with Crippen molar-refractivity contribution in [2.75, 3.05) is 5.32 Å². The molecule has 2 aromatic heterocycles. The second-order valence-corrected chi connectivity index (χ2v) is 7.95. The highest BCUT2D eigenvalue weighted by molar-refractivity contribution is 6.13. The van der Waals surface area contributed by atoms with Crippen LogP contribution in [0.25, 0.3) is 22.3 Å². The van der Waals surface area contributed by atoms with E-state index in [4.69, 9.17) is 4.98 Å². The van der Waals surface area contributed by atoms with Gasteiger partial charge in [-0.3, -0.25) is 14.9 Å². The van der Waals surface area contributed by atoms with E-state index in [1.807, 2.05) is 45.0 Å². The van der Waals surface area contributed by atoms with Gasteiger partial charge in [0, 0.05) is 17.7 Å². The number of carbonyl (C=O) groups is 1. The number of nitro groups is 1. The summed E-state index contributed by atoms with van der Waals surface area (Å²) in [4.78, 5) is 29.0. The molecular weight excluding hydrogens is 406 g/mol. The summed E-state index contributed by atoms with van der Waals surface area (Å²) in [5.41, 5.74) is 4.39. The molecular formula is C24H23N5O3. The fraction of sp³-hybridized carbons (Fsp3) is 0.208. The van der Waals surface area contributed by atoms with Gasteiger partial charge in [0.1, 0.15) is 0 Å². The van der Waals surface area contributed by atoms with Crippen molar-refractivity contribution in [3.63, 3.8) is 0 Å². The molecule has 8 heteroatoms. The molecule has 0 saturated heterocycles. The van der Waals surface area contributed by atoms with Crippen molar-refractivity contribution >= 4 is 28.3 Å². The maximum atomic E-state index is 13.4. The van der Waals surface area contributed by atoms with Crippen LogP contribution in [0.15, 0.2) is 54.7 Å². The van der Waals surface area contributed by atoms with Crippen molar-refractivity contribution < 1.29 is 9.72 Å². The number of amides is 1. The average Bonchev–Trinajstić information content (AvgIpc) is 3.19. The summed E-state index contributed by atoms with van der Waals surface area (Å²) in [6.07, 6.45) is 1.64. The van der Waals surface area contributed by atoms with E-state index in [0.29, 0.717) is 33.5 Å². The van der Waals surface area contributed by atoms with Gasteiger partial charge in [0.25, 0.3) is 11.6 Å². The molecule has 1 N–H and O–H groups in total.